The van der Waals surface area contributed by atoms with E-state index in [9.17, 15) is 0 Å². The molecule has 0 aromatic heterocycles. The molecule has 2 nitrogen and oxygen atoms in total. The average molecular weight is 284 g/mol. The molecule has 120 valence electrons. The fourth-order valence-electron chi connectivity index (χ4n) is 3.91. The van der Waals surface area contributed by atoms with Crippen molar-refractivity contribution in [2.45, 2.75) is 90.3 Å². The molecule has 1 saturated carbocycles. The summed E-state index contributed by atoms with van der Waals surface area (Å²) in [7, 11) is 3.74. The largest absolute Gasteiger partial charge is 0.381 e. The van der Waals surface area contributed by atoms with E-state index in [1.54, 1.807) is 0 Å². The SMILES string of the molecule is CCCCCCC(OC)C(C1CCCCC1)C(C)OC. The second kappa shape index (κ2) is 10.6. The summed E-state index contributed by atoms with van der Waals surface area (Å²) >= 11 is 0. The minimum absolute atomic E-state index is 0.314. The summed E-state index contributed by atoms with van der Waals surface area (Å²) in [6, 6.07) is 0. The zero-order valence-electron chi connectivity index (χ0n) is 14.2. The van der Waals surface area contributed by atoms with Crippen molar-refractivity contribution in [3.63, 3.8) is 0 Å². The molecule has 0 aromatic carbocycles. The summed E-state index contributed by atoms with van der Waals surface area (Å²) < 4.78 is 11.6. The molecule has 0 N–H and O–H groups in total. The Morgan fingerprint density at radius 1 is 0.950 bits per heavy atom. The molecule has 0 aromatic rings. The third-order valence-corrected chi connectivity index (χ3v) is 5.18. The first-order valence-corrected chi connectivity index (χ1v) is 8.80. The van der Waals surface area contributed by atoms with Gasteiger partial charge in [-0.3, -0.25) is 0 Å². The first-order valence-electron chi connectivity index (χ1n) is 8.80. The molecule has 1 aliphatic carbocycles. The van der Waals surface area contributed by atoms with Crippen LogP contribution in [0.4, 0.5) is 0 Å². The van der Waals surface area contributed by atoms with Crippen molar-refractivity contribution in [1.29, 1.82) is 0 Å². The van der Waals surface area contributed by atoms with Crippen LogP contribution >= 0.6 is 0 Å². The fourth-order valence-corrected chi connectivity index (χ4v) is 3.91. The van der Waals surface area contributed by atoms with Gasteiger partial charge in [0.25, 0.3) is 0 Å². The second-order valence-corrected chi connectivity index (χ2v) is 6.54. The molecule has 0 spiro atoms. The van der Waals surface area contributed by atoms with Gasteiger partial charge in [-0.05, 0) is 32.1 Å². The van der Waals surface area contributed by atoms with E-state index in [1.807, 2.05) is 14.2 Å². The van der Waals surface area contributed by atoms with Crippen LogP contribution in [0.1, 0.15) is 78.1 Å². The van der Waals surface area contributed by atoms with Crippen molar-refractivity contribution < 1.29 is 9.47 Å². The van der Waals surface area contributed by atoms with Crippen molar-refractivity contribution >= 4 is 0 Å². The third-order valence-electron chi connectivity index (χ3n) is 5.18. The minimum atomic E-state index is 0.314. The Morgan fingerprint density at radius 3 is 2.20 bits per heavy atom. The molecule has 0 radical (unpaired) electrons. The Kier molecular flexibility index (Phi) is 9.54. The number of rotatable bonds is 10. The van der Waals surface area contributed by atoms with Crippen LogP contribution in [0, 0.1) is 11.8 Å². The molecule has 20 heavy (non-hydrogen) atoms. The lowest BCUT2D eigenvalue weighted by Gasteiger charge is -2.38. The molecule has 0 saturated heterocycles. The molecule has 1 aliphatic rings. The van der Waals surface area contributed by atoms with Gasteiger partial charge in [-0.1, -0.05) is 51.9 Å². The molecule has 3 unspecified atom stereocenters. The first-order chi connectivity index (χ1) is 9.74. The molecular weight excluding hydrogens is 248 g/mol. The van der Waals surface area contributed by atoms with E-state index in [0.717, 1.165) is 5.92 Å². The summed E-state index contributed by atoms with van der Waals surface area (Å²) in [5.74, 6) is 1.38. The maximum absolute atomic E-state index is 5.89. The Hall–Kier alpha value is -0.0800. The zero-order chi connectivity index (χ0) is 14.8. The van der Waals surface area contributed by atoms with Gasteiger partial charge >= 0.3 is 0 Å². The normalized spacial score (nSPS) is 21.6. The van der Waals surface area contributed by atoms with Crippen molar-refractivity contribution in [3.8, 4) is 0 Å². The van der Waals surface area contributed by atoms with E-state index in [4.69, 9.17) is 9.47 Å². The molecule has 0 heterocycles. The van der Waals surface area contributed by atoms with Crippen molar-refractivity contribution in [2.75, 3.05) is 14.2 Å². The summed E-state index contributed by atoms with van der Waals surface area (Å²) in [5.41, 5.74) is 0. The van der Waals surface area contributed by atoms with E-state index in [2.05, 4.69) is 13.8 Å². The molecular formula is C18H36O2. The van der Waals surface area contributed by atoms with E-state index < -0.39 is 0 Å². The predicted octanol–water partition coefficient (Wildman–Crippen LogP) is 5.20. The molecule has 3 atom stereocenters. The zero-order valence-corrected chi connectivity index (χ0v) is 14.2. The standard InChI is InChI=1S/C18H36O2/c1-5-6-7-11-14-17(20-4)18(15(2)19-3)16-12-9-8-10-13-16/h15-18H,5-14H2,1-4H3. The summed E-state index contributed by atoms with van der Waals surface area (Å²) in [4.78, 5) is 0. The Bertz CT molecular complexity index is 223. The van der Waals surface area contributed by atoms with Crippen LogP contribution in [0.5, 0.6) is 0 Å². The number of hydrogen-bond acceptors (Lipinski definition) is 2. The van der Waals surface area contributed by atoms with Gasteiger partial charge in [-0.2, -0.15) is 0 Å². The van der Waals surface area contributed by atoms with E-state index in [1.165, 1.54) is 64.2 Å². The van der Waals surface area contributed by atoms with Crippen molar-refractivity contribution in [1.82, 2.24) is 0 Å². The van der Waals surface area contributed by atoms with Gasteiger partial charge in [-0.15, -0.1) is 0 Å². The average Bonchev–Trinajstić information content (AvgIpc) is 2.50. The molecule has 0 aliphatic heterocycles. The lowest BCUT2D eigenvalue weighted by molar-refractivity contribution is -0.0610. The van der Waals surface area contributed by atoms with Crippen LogP contribution in [-0.2, 0) is 9.47 Å². The predicted molar refractivity (Wildman–Crippen MR) is 86.1 cm³/mol. The number of hydrogen-bond donors (Lipinski definition) is 0. The Labute approximate surface area is 126 Å². The number of ether oxygens (including phenoxy) is 2. The lowest BCUT2D eigenvalue weighted by Crippen LogP contribution is -2.39. The quantitative estimate of drug-likeness (QED) is 0.513. The highest BCUT2D eigenvalue weighted by atomic mass is 16.5. The van der Waals surface area contributed by atoms with Gasteiger partial charge in [-0.25, -0.2) is 0 Å². The van der Waals surface area contributed by atoms with Crippen LogP contribution in [0.15, 0.2) is 0 Å². The maximum Gasteiger partial charge on any atom is 0.0626 e. The molecule has 0 amide bonds. The first kappa shape index (κ1) is 18.0. The van der Waals surface area contributed by atoms with Gasteiger partial charge in [0.2, 0.25) is 0 Å². The summed E-state index contributed by atoms with van der Waals surface area (Å²) in [6.45, 7) is 4.50. The van der Waals surface area contributed by atoms with Gasteiger partial charge in [0, 0.05) is 20.1 Å². The highest BCUT2D eigenvalue weighted by molar-refractivity contribution is 4.84. The Morgan fingerprint density at radius 2 is 1.65 bits per heavy atom. The summed E-state index contributed by atoms with van der Waals surface area (Å²) in [5, 5.41) is 0. The van der Waals surface area contributed by atoms with Gasteiger partial charge in [0.1, 0.15) is 0 Å². The minimum Gasteiger partial charge on any atom is -0.381 e. The Balaban J connectivity index is 2.57. The van der Waals surface area contributed by atoms with E-state index in [-0.39, 0.29) is 0 Å². The monoisotopic (exact) mass is 284 g/mol. The maximum atomic E-state index is 5.89. The second-order valence-electron chi connectivity index (χ2n) is 6.54. The van der Waals surface area contributed by atoms with Crippen LogP contribution in [-0.4, -0.2) is 26.4 Å². The van der Waals surface area contributed by atoms with E-state index in [0.29, 0.717) is 18.1 Å². The van der Waals surface area contributed by atoms with Crippen LogP contribution in [0.3, 0.4) is 0 Å². The fraction of sp³-hybridized carbons (Fsp3) is 1.00. The van der Waals surface area contributed by atoms with Crippen LogP contribution in [0.25, 0.3) is 0 Å². The molecule has 2 heteroatoms. The highest BCUT2D eigenvalue weighted by Crippen LogP contribution is 2.36. The summed E-state index contributed by atoms with van der Waals surface area (Å²) in [6.07, 6.45) is 14.1. The number of methoxy groups -OCH3 is 2. The number of unbranched alkanes of at least 4 members (excludes halogenated alkanes) is 3. The highest BCUT2D eigenvalue weighted by Gasteiger charge is 2.34. The molecule has 0 bridgehead atoms. The van der Waals surface area contributed by atoms with Crippen molar-refractivity contribution in [2.24, 2.45) is 11.8 Å². The third kappa shape index (κ3) is 5.73. The molecule has 1 fully saturated rings. The van der Waals surface area contributed by atoms with Gasteiger partial charge in [0.05, 0.1) is 12.2 Å². The topological polar surface area (TPSA) is 18.5 Å². The van der Waals surface area contributed by atoms with Gasteiger partial charge in [0.15, 0.2) is 0 Å². The van der Waals surface area contributed by atoms with Crippen LogP contribution < -0.4 is 0 Å². The van der Waals surface area contributed by atoms with Gasteiger partial charge < -0.3 is 9.47 Å². The smallest absolute Gasteiger partial charge is 0.0626 e. The van der Waals surface area contributed by atoms with Crippen LogP contribution in [0.2, 0.25) is 0 Å². The molecule has 1 rings (SSSR count). The lowest BCUT2D eigenvalue weighted by atomic mass is 9.74. The van der Waals surface area contributed by atoms with E-state index >= 15 is 0 Å². The van der Waals surface area contributed by atoms with Crippen molar-refractivity contribution in [3.05, 3.63) is 0 Å².